The topological polar surface area (TPSA) is 63.3 Å². The first-order valence-electron chi connectivity index (χ1n) is 8.63. The predicted molar refractivity (Wildman–Crippen MR) is 85.5 cm³/mol. The van der Waals surface area contributed by atoms with Crippen LogP contribution in [-0.4, -0.2) is 17.1 Å². The molecule has 0 radical (unpaired) electrons. The number of rotatable bonds is 15. The lowest BCUT2D eigenvalue weighted by atomic mass is 10.0. The number of aliphatic hydroxyl groups excluding tert-OH is 1. The van der Waals surface area contributed by atoms with E-state index in [0.29, 0.717) is 6.42 Å². The third-order valence-electron chi connectivity index (χ3n) is 3.85. The van der Waals surface area contributed by atoms with Crippen molar-refractivity contribution in [3.05, 3.63) is 0 Å². The molecule has 1 amide bonds. The van der Waals surface area contributed by atoms with Crippen LogP contribution in [0.3, 0.4) is 0 Å². The maximum absolute atomic E-state index is 10.6. The Kier molecular flexibility index (Phi) is 14.4. The van der Waals surface area contributed by atoms with Crippen LogP contribution < -0.4 is 5.73 Å². The highest BCUT2D eigenvalue weighted by Gasteiger charge is 2.04. The normalized spacial score (nSPS) is 12.5. The second kappa shape index (κ2) is 14.8. The van der Waals surface area contributed by atoms with Gasteiger partial charge in [0.1, 0.15) is 0 Å². The maximum atomic E-state index is 10.6. The first-order chi connectivity index (χ1) is 9.66. The van der Waals surface area contributed by atoms with Gasteiger partial charge in [-0.3, -0.25) is 4.79 Å². The Labute approximate surface area is 125 Å². The first-order valence-corrected chi connectivity index (χ1v) is 8.63. The van der Waals surface area contributed by atoms with E-state index in [2.05, 4.69) is 6.92 Å². The van der Waals surface area contributed by atoms with Gasteiger partial charge >= 0.3 is 0 Å². The minimum atomic E-state index is -0.218. The van der Waals surface area contributed by atoms with Gasteiger partial charge in [-0.25, -0.2) is 0 Å². The molecular weight excluding hydrogens is 250 g/mol. The van der Waals surface area contributed by atoms with Gasteiger partial charge in [-0.2, -0.15) is 0 Å². The highest BCUT2D eigenvalue weighted by atomic mass is 16.3. The zero-order chi connectivity index (χ0) is 15.1. The summed E-state index contributed by atoms with van der Waals surface area (Å²) in [6, 6.07) is 0. The molecule has 0 saturated heterocycles. The van der Waals surface area contributed by atoms with Gasteiger partial charge in [-0.15, -0.1) is 0 Å². The van der Waals surface area contributed by atoms with E-state index in [1.807, 2.05) is 0 Å². The average Bonchev–Trinajstić information content (AvgIpc) is 2.41. The standard InChI is InChI=1S/C17H35NO2/c1-2-3-4-5-6-7-8-10-13-16(19)14-11-9-12-15-17(18)20/h16,19H,2-15H2,1H3,(H2,18,20). The van der Waals surface area contributed by atoms with Crippen LogP contribution in [0.25, 0.3) is 0 Å². The molecule has 3 heteroatoms. The van der Waals surface area contributed by atoms with Gasteiger partial charge in [-0.1, -0.05) is 71.1 Å². The van der Waals surface area contributed by atoms with Crippen LogP contribution in [0.15, 0.2) is 0 Å². The fraction of sp³-hybridized carbons (Fsp3) is 0.941. The van der Waals surface area contributed by atoms with Crippen LogP contribution in [0.2, 0.25) is 0 Å². The van der Waals surface area contributed by atoms with E-state index in [1.54, 1.807) is 0 Å². The molecule has 0 fully saturated rings. The maximum Gasteiger partial charge on any atom is 0.217 e. The summed E-state index contributed by atoms with van der Waals surface area (Å²) in [7, 11) is 0. The summed E-state index contributed by atoms with van der Waals surface area (Å²) in [5, 5.41) is 9.84. The van der Waals surface area contributed by atoms with Crippen molar-refractivity contribution >= 4 is 5.91 Å². The van der Waals surface area contributed by atoms with E-state index in [4.69, 9.17) is 5.73 Å². The van der Waals surface area contributed by atoms with Gasteiger partial charge in [0, 0.05) is 6.42 Å². The van der Waals surface area contributed by atoms with E-state index >= 15 is 0 Å². The minimum Gasteiger partial charge on any atom is -0.393 e. The van der Waals surface area contributed by atoms with E-state index in [-0.39, 0.29) is 12.0 Å². The molecule has 0 aromatic carbocycles. The summed E-state index contributed by atoms with van der Waals surface area (Å²) in [4.78, 5) is 10.6. The van der Waals surface area contributed by atoms with Gasteiger partial charge in [0.2, 0.25) is 5.91 Å². The number of carbonyl (C=O) groups is 1. The molecule has 20 heavy (non-hydrogen) atoms. The Morgan fingerprint density at radius 1 is 0.850 bits per heavy atom. The number of primary amides is 1. The molecule has 0 saturated carbocycles. The van der Waals surface area contributed by atoms with Crippen molar-refractivity contribution in [3.8, 4) is 0 Å². The number of hydrogen-bond acceptors (Lipinski definition) is 2. The molecule has 120 valence electrons. The molecule has 3 nitrogen and oxygen atoms in total. The number of carbonyl (C=O) groups excluding carboxylic acids is 1. The van der Waals surface area contributed by atoms with Gasteiger partial charge in [-0.05, 0) is 19.3 Å². The van der Waals surface area contributed by atoms with Crippen molar-refractivity contribution in [1.82, 2.24) is 0 Å². The Hall–Kier alpha value is -0.570. The molecule has 0 aliphatic rings. The monoisotopic (exact) mass is 285 g/mol. The predicted octanol–water partition coefficient (Wildman–Crippen LogP) is 4.31. The fourth-order valence-corrected chi connectivity index (χ4v) is 2.51. The zero-order valence-corrected chi connectivity index (χ0v) is 13.4. The molecule has 0 spiro atoms. The van der Waals surface area contributed by atoms with E-state index in [9.17, 15) is 9.90 Å². The molecule has 0 bridgehead atoms. The summed E-state index contributed by atoms with van der Waals surface area (Å²) >= 11 is 0. The molecule has 1 atom stereocenters. The Bertz CT molecular complexity index is 219. The van der Waals surface area contributed by atoms with E-state index in [1.165, 1.54) is 44.9 Å². The lowest BCUT2D eigenvalue weighted by Crippen LogP contribution is -2.10. The second-order valence-electron chi connectivity index (χ2n) is 5.98. The second-order valence-corrected chi connectivity index (χ2v) is 5.98. The van der Waals surface area contributed by atoms with Crippen molar-refractivity contribution < 1.29 is 9.90 Å². The summed E-state index contributed by atoms with van der Waals surface area (Å²) < 4.78 is 0. The molecule has 0 aliphatic heterocycles. The summed E-state index contributed by atoms with van der Waals surface area (Å²) in [6.07, 6.45) is 15.5. The van der Waals surface area contributed by atoms with Crippen molar-refractivity contribution in [3.63, 3.8) is 0 Å². The number of amides is 1. The zero-order valence-electron chi connectivity index (χ0n) is 13.4. The largest absolute Gasteiger partial charge is 0.393 e. The van der Waals surface area contributed by atoms with E-state index in [0.717, 1.165) is 38.5 Å². The molecule has 0 aromatic rings. The Balaban J connectivity index is 3.16. The van der Waals surface area contributed by atoms with Gasteiger partial charge < -0.3 is 10.8 Å². The average molecular weight is 285 g/mol. The summed E-state index contributed by atoms with van der Waals surface area (Å²) in [5.74, 6) is -0.218. The van der Waals surface area contributed by atoms with E-state index < -0.39 is 0 Å². The lowest BCUT2D eigenvalue weighted by Gasteiger charge is -2.10. The molecule has 0 heterocycles. The van der Waals surface area contributed by atoms with Crippen LogP contribution in [0.5, 0.6) is 0 Å². The van der Waals surface area contributed by atoms with Gasteiger partial charge in [0.15, 0.2) is 0 Å². The molecule has 1 unspecified atom stereocenters. The summed E-state index contributed by atoms with van der Waals surface area (Å²) in [5.41, 5.74) is 5.08. The SMILES string of the molecule is CCCCCCCCCCC(O)CCCCCC(N)=O. The summed E-state index contributed by atoms with van der Waals surface area (Å²) in [6.45, 7) is 2.25. The quantitative estimate of drug-likeness (QED) is 0.440. The fourth-order valence-electron chi connectivity index (χ4n) is 2.51. The molecule has 0 rings (SSSR count). The van der Waals surface area contributed by atoms with Crippen LogP contribution in [-0.2, 0) is 4.79 Å². The first kappa shape index (κ1) is 19.4. The molecule has 0 aromatic heterocycles. The number of hydrogen-bond donors (Lipinski definition) is 2. The third-order valence-corrected chi connectivity index (χ3v) is 3.85. The van der Waals surface area contributed by atoms with Crippen LogP contribution in [0, 0.1) is 0 Å². The van der Waals surface area contributed by atoms with Crippen molar-refractivity contribution in [2.24, 2.45) is 5.73 Å². The Morgan fingerprint density at radius 3 is 1.80 bits per heavy atom. The number of aliphatic hydroxyl groups is 1. The highest BCUT2D eigenvalue weighted by molar-refractivity contribution is 5.73. The molecule has 0 aliphatic carbocycles. The smallest absolute Gasteiger partial charge is 0.217 e. The lowest BCUT2D eigenvalue weighted by molar-refractivity contribution is -0.118. The van der Waals surface area contributed by atoms with Gasteiger partial charge in [0.25, 0.3) is 0 Å². The highest BCUT2D eigenvalue weighted by Crippen LogP contribution is 2.13. The molecule has 3 N–H and O–H groups in total. The molecular formula is C17H35NO2. The van der Waals surface area contributed by atoms with Crippen molar-refractivity contribution in [2.75, 3.05) is 0 Å². The van der Waals surface area contributed by atoms with Crippen LogP contribution in [0.1, 0.15) is 96.8 Å². The Morgan fingerprint density at radius 2 is 1.30 bits per heavy atom. The van der Waals surface area contributed by atoms with Crippen molar-refractivity contribution in [1.29, 1.82) is 0 Å². The van der Waals surface area contributed by atoms with Gasteiger partial charge in [0.05, 0.1) is 6.10 Å². The van der Waals surface area contributed by atoms with Crippen LogP contribution >= 0.6 is 0 Å². The number of unbranched alkanes of at least 4 members (excludes halogenated alkanes) is 9. The van der Waals surface area contributed by atoms with Crippen LogP contribution in [0.4, 0.5) is 0 Å². The van der Waals surface area contributed by atoms with Crippen molar-refractivity contribution in [2.45, 2.75) is 103 Å². The number of nitrogens with two attached hydrogens (primary N) is 1. The minimum absolute atomic E-state index is 0.149. The third kappa shape index (κ3) is 15.5.